The molecule has 1 saturated heterocycles. The Kier molecular flexibility index (Phi) is 3.86. The van der Waals surface area contributed by atoms with Gasteiger partial charge < -0.3 is 9.80 Å². The van der Waals surface area contributed by atoms with Crippen molar-refractivity contribution in [1.29, 1.82) is 0 Å². The summed E-state index contributed by atoms with van der Waals surface area (Å²) in [5.74, 6) is 0.379. The number of alkyl halides is 1. The number of halogens is 1. The fourth-order valence-electron chi connectivity index (χ4n) is 2.71. The smallest absolute Gasteiger partial charge is 0.285 e. The van der Waals surface area contributed by atoms with E-state index in [-0.39, 0.29) is 10.8 Å². The molecule has 8 heteroatoms. The molecule has 1 fully saturated rings. The molecule has 0 N–H and O–H groups in total. The topological polar surface area (TPSA) is 70.1 Å². The van der Waals surface area contributed by atoms with Gasteiger partial charge >= 0.3 is 0 Å². The van der Waals surface area contributed by atoms with Gasteiger partial charge in [0, 0.05) is 31.7 Å². The van der Waals surface area contributed by atoms with Crippen LogP contribution in [0.2, 0.25) is 0 Å². The summed E-state index contributed by atoms with van der Waals surface area (Å²) in [6.07, 6.45) is 0. The molecule has 1 aromatic rings. The molecule has 0 saturated carbocycles. The van der Waals surface area contributed by atoms with Gasteiger partial charge in [0.05, 0.1) is 0 Å². The summed E-state index contributed by atoms with van der Waals surface area (Å²) in [5.41, 5.74) is 0.632. The molecule has 2 aliphatic heterocycles. The quantitative estimate of drug-likeness (QED) is 0.712. The van der Waals surface area contributed by atoms with Crippen molar-refractivity contribution in [2.75, 3.05) is 26.2 Å². The molecule has 0 aliphatic carbocycles. The molecule has 6 nitrogen and oxygen atoms in total. The standard InChI is InChI=1S/C14H16ClN3O3S/c1-10(15)14(19)18-8-6-17(7-9-18)13-11-4-2-3-5-12(11)22(20,21)16-13/h2-5,10H,6-9H2,1H3. The van der Waals surface area contributed by atoms with Crippen molar-refractivity contribution in [3.63, 3.8) is 0 Å². The molecule has 2 heterocycles. The molecule has 1 atom stereocenters. The molecule has 1 amide bonds. The molecule has 0 bridgehead atoms. The Balaban J connectivity index is 1.80. The lowest BCUT2D eigenvalue weighted by Crippen LogP contribution is -2.52. The van der Waals surface area contributed by atoms with Crippen molar-refractivity contribution in [1.82, 2.24) is 9.80 Å². The third kappa shape index (κ3) is 2.59. The molecule has 3 rings (SSSR count). The number of hydrogen-bond donors (Lipinski definition) is 0. The van der Waals surface area contributed by atoms with Gasteiger partial charge in [0.25, 0.3) is 10.0 Å². The number of benzene rings is 1. The largest absolute Gasteiger partial charge is 0.352 e. The van der Waals surface area contributed by atoms with Crippen LogP contribution in [0, 0.1) is 0 Å². The number of carbonyl (C=O) groups excluding carboxylic acids is 1. The van der Waals surface area contributed by atoms with Crippen LogP contribution in [-0.2, 0) is 14.8 Å². The second-order valence-electron chi connectivity index (χ2n) is 5.31. The van der Waals surface area contributed by atoms with Crippen molar-refractivity contribution in [2.45, 2.75) is 17.2 Å². The molecular formula is C14H16ClN3O3S. The second kappa shape index (κ2) is 5.55. The summed E-state index contributed by atoms with van der Waals surface area (Å²) in [5, 5.41) is -0.545. The van der Waals surface area contributed by atoms with Crippen molar-refractivity contribution in [2.24, 2.45) is 4.40 Å². The number of carbonyl (C=O) groups is 1. The number of piperazine rings is 1. The molecule has 22 heavy (non-hydrogen) atoms. The van der Waals surface area contributed by atoms with Gasteiger partial charge in [-0.05, 0) is 19.1 Å². The van der Waals surface area contributed by atoms with Gasteiger partial charge in [-0.3, -0.25) is 4.79 Å². The minimum Gasteiger partial charge on any atom is -0.352 e. The zero-order chi connectivity index (χ0) is 15.9. The summed E-state index contributed by atoms with van der Waals surface area (Å²) < 4.78 is 28.0. The lowest BCUT2D eigenvalue weighted by molar-refractivity contribution is -0.131. The predicted octanol–water partition coefficient (Wildman–Crippen LogP) is 0.907. The minimum absolute atomic E-state index is 0.0947. The highest BCUT2D eigenvalue weighted by molar-refractivity contribution is 7.90. The van der Waals surface area contributed by atoms with Gasteiger partial charge in [-0.2, -0.15) is 8.42 Å². The molecule has 2 aliphatic rings. The van der Waals surface area contributed by atoms with Crippen LogP contribution < -0.4 is 0 Å². The summed E-state index contributed by atoms with van der Waals surface area (Å²) in [6, 6.07) is 6.81. The van der Waals surface area contributed by atoms with Crippen molar-refractivity contribution >= 4 is 33.4 Å². The van der Waals surface area contributed by atoms with Gasteiger partial charge in [-0.1, -0.05) is 12.1 Å². The van der Waals surface area contributed by atoms with Gasteiger partial charge in [-0.25, -0.2) is 0 Å². The summed E-state index contributed by atoms with van der Waals surface area (Å²) >= 11 is 5.82. The van der Waals surface area contributed by atoms with Crippen molar-refractivity contribution in [3.8, 4) is 0 Å². The Bertz CT molecular complexity index is 737. The second-order valence-corrected chi connectivity index (χ2v) is 7.54. The van der Waals surface area contributed by atoms with E-state index in [1.54, 1.807) is 36.1 Å². The van der Waals surface area contributed by atoms with Crippen LogP contribution in [0.25, 0.3) is 0 Å². The predicted molar refractivity (Wildman–Crippen MR) is 83.6 cm³/mol. The van der Waals surface area contributed by atoms with E-state index in [2.05, 4.69) is 4.40 Å². The Labute approximate surface area is 134 Å². The highest BCUT2D eigenvalue weighted by atomic mass is 35.5. The van der Waals surface area contributed by atoms with Crippen LogP contribution in [0.1, 0.15) is 12.5 Å². The Morgan fingerprint density at radius 1 is 1.23 bits per heavy atom. The average Bonchev–Trinajstić information content (AvgIpc) is 2.79. The first kappa shape index (κ1) is 15.3. The zero-order valence-corrected chi connectivity index (χ0v) is 13.6. The monoisotopic (exact) mass is 341 g/mol. The SMILES string of the molecule is CC(Cl)C(=O)N1CCN(C2=NS(=O)(=O)c3ccccc32)CC1. The molecule has 1 unspecified atom stereocenters. The first-order chi connectivity index (χ1) is 10.4. The third-order valence-corrected chi connectivity index (χ3v) is 5.36. The molecular weight excluding hydrogens is 326 g/mol. The molecule has 0 radical (unpaired) electrons. The Morgan fingerprint density at radius 3 is 2.50 bits per heavy atom. The molecule has 1 aromatic carbocycles. The van der Waals surface area contributed by atoms with Gasteiger partial charge in [0.15, 0.2) is 5.84 Å². The number of fused-ring (bicyclic) bond motifs is 1. The van der Waals surface area contributed by atoms with Crippen LogP contribution in [0.4, 0.5) is 0 Å². The van der Waals surface area contributed by atoms with Gasteiger partial charge in [-0.15, -0.1) is 16.0 Å². The van der Waals surface area contributed by atoms with Crippen LogP contribution in [0.3, 0.4) is 0 Å². The number of nitrogens with zero attached hydrogens (tertiary/aromatic N) is 3. The maximum Gasteiger partial charge on any atom is 0.285 e. The summed E-state index contributed by atoms with van der Waals surface area (Å²) in [7, 11) is -3.60. The average molecular weight is 342 g/mol. The van der Waals surface area contributed by atoms with Gasteiger partial charge in [0.2, 0.25) is 5.91 Å². The van der Waals surface area contributed by atoms with E-state index in [9.17, 15) is 13.2 Å². The van der Waals surface area contributed by atoms with E-state index in [4.69, 9.17) is 11.6 Å². The number of amidine groups is 1. The fourth-order valence-corrected chi connectivity index (χ4v) is 4.07. The fraction of sp³-hybridized carbons (Fsp3) is 0.429. The summed E-state index contributed by atoms with van der Waals surface area (Å²) in [4.78, 5) is 15.7. The molecule has 118 valence electrons. The van der Waals surface area contributed by atoms with Crippen molar-refractivity contribution < 1.29 is 13.2 Å². The third-order valence-electron chi connectivity index (χ3n) is 3.84. The number of hydrogen-bond acceptors (Lipinski definition) is 4. The molecule has 0 spiro atoms. The minimum atomic E-state index is -3.60. The van der Waals surface area contributed by atoms with E-state index >= 15 is 0 Å². The van der Waals surface area contributed by atoms with E-state index in [0.717, 1.165) is 0 Å². The first-order valence-electron chi connectivity index (χ1n) is 7.02. The van der Waals surface area contributed by atoms with Crippen LogP contribution in [0.15, 0.2) is 33.6 Å². The zero-order valence-electron chi connectivity index (χ0n) is 12.1. The number of sulfonamides is 1. The number of amides is 1. The lowest BCUT2D eigenvalue weighted by Gasteiger charge is -2.36. The summed E-state index contributed by atoms with van der Waals surface area (Å²) in [6.45, 7) is 3.75. The maximum absolute atomic E-state index is 12.1. The maximum atomic E-state index is 12.1. The van der Waals surface area contributed by atoms with E-state index < -0.39 is 15.4 Å². The van der Waals surface area contributed by atoms with Gasteiger partial charge in [0.1, 0.15) is 10.3 Å². The first-order valence-corrected chi connectivity index (χ1v) is 8.90. The van der Waals surface area contributed by atoms with Crippen LogP contribution >= 0.6 is 11.6 Å². The van der Waals surface area contributed by atoms with Crippen LogP contribution in [-0.4, -0.2) is 61.5 Å². The highest BCUT2D eigenvalue weighted by Crippen LogP contribution is 2.27. The number of rotatable bonds is 1. The van der Waals surface area contributed by atoms with Crippen molar-refractivity contribution in [3.05, 3.63) is 29.8 Å². The Hall–Kier alpha value is -1.60. The van der Waals surface area contributed by atoms with E-state index in [0.29, 0.717) is 37.6 Å². The van der Waals surface area contributed by atoms with Crippen LogP contribution in [0.5, 0.6) is 0 Å². The highest BCUT2D eigenvalue weighted by Gasteiger charge is 2.33. The normalized spacial score (nSPS) is 21.3. The Morgan fingerprint density at radius 2 is 1.86 bits per heavy atom. The molecule has 0 aromatic heterocycles. The van der Waals surface area contributed by atoms with E-state index in [1.807, 2.05) is 4.90 Å². The lowest BCUT2D eigenvalue weighted by atomic mass is 10.1. The van der Waals surface area contributed by atoms with E-state index in [1.165, 1.54) is 0 Å².